The van der Waals surface area contributed by atoms with Crippen LogP contribution in [0.2, 0.25) is 0 Å². The van der Waals surface area contributed by atoms with Crippen molar-refractivity contribution in [1.29, 1.82) is 0 Å². The average Bonchev–Trinajstić information content (AvgIpc) is 2.85. The van der Waals surface area contributed by atoms with Crippen LogP contribution in [-0.2, 0) is 16.1 Å². The molecular weight excluding hydrogens is 374 g/mol. The van der Waals surface area contributed by atoms with E-state index >= 15 is 0 Å². The monoisotopic (exact) mass is 395 g/mol. The zero-order valence-electron chi connectivity index (χ0n) is 15.6. The van der Waals surface area contributed by atoms with Gasteiger partial charge in [0.25, 0.3) is 5.91 Å². The lowest BCUT2D eigenvalue weighted by Gasteiger charge is -2.19. The van der Waals surface area contributed by atoms with Crippen molar-refractivity contribution in [2.24, 2.45) is 10.9 Å². The van der Waals surface area contributed by atoms with Crippen molar-refractivity contribution in [2.75, 3.05) is 23.7 Å². The van der Waals surface area contributed by atoms with E-state index in [0.29, 0.717) is 11.3 Å². The molecule has 3 rings (SSSR count). The number of benzene rings is 2. The van der Waals surface area contributed by atoms with Gasteiger partial charge in [0.2, 0.25) is 5.91 Å². The highest BCUT2D eigenvalue weighted by Gasteiger charge is 2.21. The number of nitrogens with zero attached hydrogens (tertiary/aromatic N) is 2. The number of nitrogens with one attached hydrogen (secondary N) is 2. The number of hydrogen-bond acceptors (Lipinski definition) is 6. The minimum absolute atomic E-state index is 0.0940. The lowest BCUT2D eigenvalue weighted by Crippen LogP contribution is -2.34. The number of fused-ring (bicyclic) bond motifs is 1. The quantitative estimate of drug-likeness (QED) is 0.332. The minimum Gasteiger partial charge on any atom is -0.481 e. The first-order valence-electron chi connectivity index (χ1n) is 8.97. The van der Waals surface area contributed by atoms with Crippen LogP contribution in [0.4, 0.5) is 11.4 Å². The van der Waals surface area contributed by atoms with Gasteiger partial charge in [-0.25, -0.2) is 0 Å². The minimum atomic E-state index is -0.958. The number of nitrogens with two attached hydrogens (primary N) is 1. The molecule has 9 nitrogen and oxygen atoms in total. The maximum absolute atomic E-state index is 12.5. The predicted molar refractivity (Wildman–Crippen MR) is 109 cm³/mol. The molecule has 5 N–H and O–H groups in total. The summed E-state index contributed by atoms with van der Waals surface area (Å²) in [5.41, 5.74) is 3.42. The van der Waals surface area contributed by atoms with Crippen molar-refractivity contribution >= 4 is 35.4 Å². The van der Waals surface area contributed by atoms with Crippen LogP contribution in [-0.4, -0.2) is 47.1 Å². The van der Waals surface area contributed by atoms with Crippen LogP contribution >= 0.6 is 0 Å². The SMILES string of the molecule is NN=Cc1ccc(C(=O)Nc2ccc3c(c2)CN(CCC(=O)O)C(=O)CN3)cc1. The van der Waals surface area contributed by atoms with Gasteiger partial charge in [-0.3, -0.25) is 14.4 Å². The number of carbonyl (C=O) groups excluding carboxylic acids is 2. The fourth-order valence-electron chi connectivity index (χ4n) is 3.00. The molecule has 0 radical (unpaired) electrons. The molecule has 2 aromatic rings. The molecule has 1 aliphatic heterocycles. The van der Waals surface area contributed by atoms with Gasteiger partial charge >= 0.3 is 5.97 Å². The van der Waals surface area contributed by atoms with E-state index in [1.165, 1.54) is 11.1 Å². The lowest BCUT2D eigenvalue weighted by molar-refractivity contribution is -0.138. The molecule has 0 aromatic heterocycles. The molecule has 9 heteroatoms. The van der Waals surface area contributed by atoms with E-state index in [1.807, 2.05) is 0 Å². The van der Waals surface area contributed by atoms with Crippen molar-refractivity contribution < 1.29 is 19.5 Å². The van der Waals surface area contributed by atoms with E-state index in [-0.39, 0.29) is 37.9 Å². The Bertz CT molecular complexity index is 956. The molecule has 0 saturated carbocycles. The third-order valence-corrected chi connectivity index (χ3v) is 4.50. The Hall–Kier alpha value is -3.88. The van der Waals surface area contributed by atoms with Crippen LogP contribution < -0.4 is 16.5 Å². The third-order valence-electron chi connectivity index (χ3n) is 4.50. The largest absolute Gasteiger partial charge is 0.481 e. The summed E-state index contributed by atoms with van der Waals surface area (Å²) in [5, 5.41) is 18.2. The van der Waals surface area contributed by atoms with Gasteiger partial charge < -0.3 is 26.5 Å². The van der Waals surface area contributed by atoms with Crippen LogP contribution in [0.15, 0.2) is 47.6 Å². The van der Waals surface area contributed by atoms with Gasteiger partial charge in [0, 0.05) is 30.0 Å². The molecule has 29 heavy (non-hydrogen) atoms. The van der Waals surface area contributed by atoms with Crippen LogP contribution in [0.25, 0.3) is 0 Å². The Labute approximate surface area is 167 Å². The zero-order valence-corrected chi connectivity index (χ0v) is 15.6. The topological polar surface area (TPSA) is 137 Å². The molecule has 2 aromatic carbocycles. The highest BCUT2D eigenvalue weighted by atomic mass is 16.4. The number of carboxylic acid groups (broad SMARTS) is 1. The van der Waals surface area contributed by atoms with E-state index < -0.39 is 5.97 Å². The maximum atomic E-state index is 12.5. The van der Waals surface area contributed by atoms with E-state index in [1.54, 1.807) is 42.5 Å². The first-order chi connectivity index (χ1) is 14.0. The van der Waals surface area contributed by atoms with E-state index in [9.17, 15) is 14.4 Å². The second-order valence-corrected chi connectivity index (χ2v) is 6.54. The summed E-state index contributed by atoms with van der Waals surface area (Å²) in [7, 11) is 0. The summed E-state index contributed by atoms with van der Waals surface area (Å²) in [6.45, 7) is 0.492. The van der Waals surface area contributed by atoms with Crippen molar-refractivity contribution in [3.63, 3.8) is 0 Å². The van der Waals surface area contributed by atoms with Gasteiger partial charge in [0.15, 0.2) is 0 Å². The molecule has 0 unspecified atom stereocenters. The smallest absolute Gasteiger partial charge is 0.305 e. The molecule has 1 aliphatic rings. The number of carbonyl (C=O) groups is 3. The molecule has 0 saturated heterocycles. The maximum Gasteiger partial charge on any atom is 0.305 e. The standard InChI is InChI=1S/C20H21N5O4/c21-23-10-13-1-3-14(4-2-13)20(29)24-16-5-6-17-15(9-16)12-25(8-7-19(27)28)18(26)11-22-17/h1-6,9-10,22H,7-8,11-12,21H2,(H,24,29)(H,27,28). The Morgan fingerprint density at radius 1 is 1.24 bits per heavy atom. The van der Waals surface area contributed by atoms with Crippen LogP contribution in [0.3, 0.4) is 0 Å². The molecular formula is C20H21N5O4. The molecule has 0 bridgehead atoms. The molecule has 0 fully saturated rings. The third kappa shape index (κ3) is 5.10. The van der Waals surface area contributed by atoms with Crippen LogP contribution in [0, 0.1) is 0 Å². The van der Waals surface area contributed by atoms with Gasteiger partial charge in [-0.2, -0.15) is 5.10 Å². The number of hydrogen-bond donors (Lipinski definition) is 4. The Morgan fingerprint density at radius 2 is 2.00 bits per heavy atom. The fraction of sp³-hybridized carbons (Fsp3) is 0.200. The van der Waals surface area contributed by atoms with E-state index in [0.717, 1.165) is 16.8 Å². The number of anilines is 2. The zero-order chi connectivity index (χ0) is 20.8. The number of amides is 2. The van der Waals surface area contributed by atoms with Crippen LogP contribution in [0.1, 0.15) is 27.9 Å². The number of hydrazone groups is 1. The molecule has 2 amide bonds. The van der Waals surface area contributed by atoms with Gasteiger partial charge in [-0.15, -0.1) is 0 Å². The summed E-state index contributed by atoms with van der Waals surface area (Å²) in [6, 6.07) is 12.1. The van der Waals surface area contributed by atoms with Crippen molar-refractivity contribution in [3.8, 4) is 0 Å². The van der Waals surface area contributed by atoms with Gasteiger partial charge in [0.1, 0.15) is 0 Å². The summed E-state index contributed by atoms with van der Waals surface area (Å²) in [6.07, 6.45) is 1.36. The molecule has 0 atom stereocenters. The van der Waals surface area contributed by atoms with Crippen molar-refractivity contribution in [2.45, 2.75) is 13.0 Å². The first kappa shape index (κ1) is 19.9. The number of aliphatic carboxylic acids is 1. The van der Waals surface area contributed by atoms with Gasteiger partial charge in [0.05, 0.1) is 19.2 Å². The number of rotatable bonds is 6. The second kappa shape index (κ2) is 8.87. The Kier molecular flexibility index (Phi) is 6.08. The normalized spacial score (nSPS) is 13.5. The van der Waals surface area contributed by atoms with Crippen molar-refractivity contribution in [1.82, 2.24) is 4.90 Å². The summed E-state index contributed by atoms with van der Waals surface area (Å²) in [5.74, 6) is 3.70. The van der Waals surface area contributed by atoms with Crippen molar-refractivity contribution in [3.05, 3.63) is 59.2 Å². The highest BCUT2D eigenvalue weighted by Crippen LogP contribution is 2.25. The Morgan fingerprint density at radius 3 is 2.69 bits per heavy atom. The highest BCUT2D eigenvalue weighted by molar-refractivity contribution is 6.04. The molecule has 150 valence electrons. The summed E-state index contributed by atoms with van der Waals surface area (Å²) in [4.78, 5) is 37.0. The van der Waals surface area contributed by atoms with Gasteiger partial charge in [-0.1, -0.05) is 12.1 Å². The molecule has 0 spiro atoms. The van der Waals surface area contributed by atoms with E-state index in [4.69, 9.17) is 10.9 Å². The van der Waals surface area contributed by atoms with Crippen LogP contribution in [0.5, 0.6) is 0 Å². The van der Waals surface area contributed by atoms with Gasteiger partial charge in [-0.05, 0) is 41.5 Å². The second-order valence-electron chi connectivity index (χ2n) is 6.54. The Balaban J connectivity index is 1.74. The fourth-order valence-corrected chi connectivity index (χ4v) is 3.00. The van der Waals surface area contributed by atoms with E-state index in [2.05, 4.69) is 15.7 Å². The summed E-state index contributed by atoms with van der Waals surface area (Å²) >= 11 is 0. The average molecular weight is 395 g/mol. The lowest BCUT2D eigenvalue weighted by atomic mass is 10.1. The first-order valence-corrected chi connectivity index (χ1v) is 8.97. The number of carboxylic acids is 1. The predicted octanol–water partition coefficient (Wildman–Crippen LogP) is 1.46. The summed E-state index contributed by atoms with van der Waals surface area (Å²) < 4.78 is 0. The molecule has 0 aliphatic carbocycles. The molecule has 1 heterocycles.